The van der Waals surface area contributed by atoms with Crippen molar-refractivity contribution in [3.63, 3.8) is 0 Å². The normalized spacial score (nSPS) is 11.1. The van der Waals surface area contributed by atoms with E-state index in [1.54, 1.807) is 18.2 Å². The number of phenols is 2. The predicted octanol–water partition coefficient (Wildman–Crippen LogP) is 3.71. The monoisotopic (exact) mass is 398 g/mol. The van der Waals surface area contributed by atoms with Crippen LogP contribution < -0.4 is 5.43 Å². The molecule has 6 heteroatoms. The number of fused-ring (bicyclic) bond motifs is 1. The minimum Gasteiger partial charge on any atom is -0.508 e. The number of aromatic hydroxyl groups is 2. The molecule has 0 unspecified atom stereocenters. The molecule has 0 aromatic heterocycles. The van der Waals surface area contributed by atoms with Crippen LogP contribution in [-0.2, 0) is 11.2 Å². The summed E-state index contributed by atoms with van der Waals surface area (Å²) in [6, 6.07) is 15.5. The van der Waals surface area contributed by atoms with Crippen LogP contribution in [0.4, 0.5) is 0 Å². The molecule has 0 fully saturated rings. The molecule has 3 aromatic carbocycles. The molecule has 0 radical (unpaired) electrons. The van der Waals surface area contributed by atoms with Crippen LogP contribution in [0.25, 0.3) is 10.8 Å². The number of hydrogen-bond acceptors (Lipinski definition) is 4. The summed E-state index contributed by atoms with van der Waals surface area (Å²) in [5.74, 6) is -0.0454. The lowest BCUT2D eigenvalue weighted by molar-refractivity contribution is -0.120. The van der Waals surface area contributed by atoms with Gasteiger partial charge >= 0.3 is 0 Å². The Morgan fingerprint density at radius 3 is 2.60 bits per heavy atom. The summed E-state index contributed by atoms with van der Waals surface area (Å²) in [5.41, 5.74) is 3.75. The van der Waals surface area contributed by atoms with Gasteiger partial charge in [-0.3, -0.25) is 4.79 Å². The summed E-state index contributed by atoms with van der Waals surface area (Å²) in [5, 5.41) is 25.0. The molecule has 0 aliphatic heterocycles. The third kappa shape index (κ3) is 4.16. The summed E-state index contributed by atoms with van der Waals surface area (Å²) in [4.78, 5) is 11.9. The van der Waals surface area contributed by atoms with Crippen molar-refractivity contribution in [2.24, 2.45) is 5.10 Å². The highest BCUT2D eigenvalue weighted by Crippen LogP contribution is 2.27. The standard InChI is InChI=1S/C19H15BrN2O3/c20-14-4-7-16-13(10-14)3-8-18(24)17(16)11-21-22-19(25)9-12-1-5-15(23)6-2-12/h1-8,10-11,23-24H,9H2,(H,22,25)/b21-11-. The Balaban J connectivity index is 1.73. The maximum atomic E-state index is 11.9. The number of nitrogens with zero attached hydrogens (tertiary/aromatic N) is 1. The van der Waals surface area contributed by atoms with E-state index >= 15 is 0 Å². The van der Waals surface area contributed by atoms with E-state index in [2.05, 4.69) is 26.5 Å². The van der Waals surface area contributed by atoms with Crippen molar-refractivity contribution in [1.29, 1.82) is 0 Å². The Morgan fingerprint density at radius 2 is 1.84 bits per heavy atom. The molecule has 3 aromatic rings. The second-order valence-corrected chi connectivity index (χ2v) is 6.42. The Morgan fingerprint density at radius 1 is 1.08 bits per heavy atom. The first-order chi connectivity index (χ1) is 12.0. The van der Waals surface area contributed by atoms with Crippen LogP contribution in [0.3, 0.4) is 0 Å². The molecule has 0 saturated carbocycles. The van der Waals surface area contributed by atoms with Crippen LogP contribution in [0.1, 0.15) is 11.1 Å². The van der Waals surface area contributed by atoms with Gasteiger partial charge in [-0.1, -0.05) is 40.2 Å². The number of benzene rings is 3. The van der Waals surface area contributed by atoms with E-state index in [-0.39, 0.29) is 23.8 Å². The van der Waals surface area contributed by atoms with Crippen molar-refractivity contribution in [3.05, 3.63) is 70.2 Å². The lowest BCUT2D eigenvalue weighted by Gasteiger charge is -2.06. The van der Waals surface area contributed by atoms with Crippen molar-refractivity contribution in [2.45, 2.75) is 6.42 Å². The van der Waals surface area contributed by atoms with Crippen LogP contribution in [0.5, 0.6) is 11.5 Å². The van der Waals surface area contributed by atoms with Gasteiger partial charge in [-0.05, 0) is 46.7 Å². The van der Waals surface area contributed by atoms with E-state index in [4.69, 9.17) is 0 Å². The molecule has 0 aliphatic rings. The Labute approximate surface area is 152 Å². The van der Waals surface area contributed by atoms with Crippen molar-refractivity contribution >= 4 is 38.8 Å². The number of hydrogen-bond donors (Lipinski definition) is 3. The molecule has 3 rings (SSSR count). The topological polar surface area (TPSA) is 81.9 Å². The fourth-order valence-corrected chi connectivity index (χ4v) is 2.84. The third-order valence-corrected chi connectivity index (χ3v) is 4.18. The number of hydrazone groups is 1. The zero-order chi connectivity index (χ0) is 17.8. The highest BCUT2D eigenvalue weighted by molar-refractivity contribution is 9.10. The minimum atomic E-state index is -0.288. The van der Waals surface area contributed by atoms with Gasteiger partial charge in [-0.2, -0.15) is 5.10 Å². The second-order valence-electron chi connectivity index (χ2n) is 5.50. The fraction of sp³-hybridized carbons (Fsp3) is 0.0526. The van der Waals surface area contributed by atoms with Crippen LogP contribution in [0.2, 0.25) is 0 Å². The van der Waals surface area contributed by atoms with Gasteiger partial charge in [0.05, 0.1) is 12.6 Å². The molecular weight excluding hydrogens is 384 g/mol. The second kappa shape index (κ2) is 7.36. The fourth-order valence-electron chi connectivity index (χ4n) is 2.46. The van der Waals surface area contributed by atoms with E-state index in [9.17, 15) is 15.0 Å². The van der Waals surface area contributed by atoms with Crippen LogP contribution >= 0.6 is 15.9 Å². The molecule has 0 saturated heterocycles. The number of carbonyl (C=O) groups excluding carboxylic acids is 1. The Kier molecular flexibility index (Phi) is 5.00. The average Bonchev–Trinajstić information content (AvgIpc) is 2.59. The predicted molar refractivity (Wildman–Crippen MR) is 101 cm³/mol. The van der Waals surface area contributed by atoms with Gasteiger partial charge in [-0.15, -0.1) is 0 Å². The molecule has 0 atom stereocenters. The molecule has 25 heavy (non-hydrogen) atoms. The summed E-state index contributed by atoms with van der Waals surface area (Å²) < 4.78 is 0.941. The van der Waals surface area contributed by atoms with Gasteiger partial charge in [0, 0.05) is 10.0 Å². The first kappa shape index (κ1) is 17.0. The summed E-state index contributed by atoms with van der Waals surface area (Å²) in [6.45, 7) is 0. The molecule has 0 bridgehead atoms. The quantitative estimate of drug-likeness (QED) is 0.462. The summed E-state index contributed by atoms with van der Waals surface area (Å²) in [7, 11) is 0. The van der Waals surface area contributed by atoms with Gasteiger partial charge in [0.1, 0.15) is 11.5 Å². The summed E-state index contributed by atoms with van der Waals surface area (Å²) >= 11 is 3.41. The highest BCUT2D eigenvalue weighted by Gasteiger charge is 2.06. The number of halogens is 1. The number of phenolic OH excluding ortho intramolecular Hbond substituents is 2. The maximum Gasteiger partial charge on any atom is 0.244 e. The van der Waals surface area contributed by atoms with Gasteiger partial charge in [-0.25, -0.2) is 5.43 Å². The number of amides is 1. The van der Waals surface area contributed by atoms with Gasteiger partial charge in [0.2, 0.25) is 5.91 Å². The van der Waals surface area contributed by atoms with E-state index < -0.39 is 0 Å². The van der Waals surface area contributed by atoms with E-state index in [1.165, 1.54) is 18.3 Å². The first-order valence-electron chi connectivity index (χ1n) is 7.54. The van der Waals surface area contributed by atoms with E-state index in [1.807, 2.05) is 24.3 Å². The first-order valence-corrected chi connectivity index (χ1v) is 8.33. The summed E-state index contributed by atoms with van der Waals surface area (Å²) in [6.07, 6.45) is 1.58. The van der Waals surface area contributed by atoms with Crippen molar-refractivity contribution in [2.75, 3.05) is 0 Å². The molecule has 5 nitrogen and oxygen atoms in total. The maximum absolute atomic E-state index is 11.9. The SMILES string of the molecule is O=C(Cc1ccc(O)cc1)N/N=C\c1c(O)ccc2cc(Br)ccc12. The average molecular weight is 399 g/mol. The molecule has 1 amide bonds. The molecule has 0 heterocycles. The molecule has 0 aliphatic carbocycles. The highest BCUT2D eigenvalue weighted by atomic mass is 79.9. The Hall–Kier alpha value is -2.86. The smallest absolute Gasteiger partial charge is 0.244 e. The number of rotatable bonds is 4. The molecular formula is C19H15BrN2O3. The lowest BCUT2D eigenvalue weighted by atomic mass is 10.0. The third-order valence-electron chi connectivity index (χ3n) is 3.68. The van der Waals surface area contributed by atoms with Crippen LogP contribution in [0, 0.1) is 0 Å². The van der Waals surface area contributed by atoms with Gasteiger partial charge < -0.3 is 10.2 Å². The van der Waals surface area contributed by atoms with Gasteiger partial charge in [0.15, 0.2) is 0 Å². The molecule has 126 valence electrons. The van der Waals surface area contributed by atoms with E-state index in [0.717, 1.165) is 20.8 Å². The van der Waals surface area contributed by atoms with Crippen LogP contribution in [0.15, 0.2) is 64.2 Å². The number of nitrogens with one attached hydrogen (secondary N) is 1. The van der Waals surface area contributed by atoms with E-state index in [0.29, 0.717) is 5.56 Å². The van der Waals surface area contributed by atoms with Crippen LogP contribution in [-0.4, -0.2) is 22.3 Å². The molecule has 0 spiro atoms. The Bertz CT molecular complexity index is 953. The largest absolute Gasteiger partial charge is 0.508 e. The van der Waals surface area contributed by atoms with Crippen molar-refractivity contribution in [1.82, 2.24) is 5.43 Å². The zero-order valence-corrected chi connectivity index (χ0v) is 14.7. The molecule has 3 N–H and O–H groups in total. The van der Waals surface area contributed by atoms with Crippen molar-refractivity contribution < 1.29 is 15.0 Å². The zero-order valence-electron chi connectivity index (χ0n) is 13.1. The van der Waals surface area contributed by atoms with Crippen molar-refractivity contribution in [3.8, 4) is 11.5 Å². The lowest BCUT2D eigenvalue weighted by Crippen LogP contribution is -2.19. The minimum absolute atomic E-state index is 0.0892. The number of carbonyl (C=O) groups is 1. The van der Waals surface area contributed by atoms with Gasteiger partial charge in [0.25, 0.3) is 0 Å².